The van der Waals surface area contributed by atoms with Gasteiger partial charge in [-0.15, -0.1) is 0 Å². The Labute approximate surface area is 182 Å². The van der Waals surface area contributed by atoms with Crippen molar-refractivity contribution in [3.63, 3.8) is 0 Å². The lowest BCUT2D eigenvalue weighted by atomic mass is 10.1. The number of hydrogen-bond acceptors (Lipinski definition) is 5. The maximum absolute atomic E-state index is 14.2. The lowest BCUT2D eigenvalue weighted by Crippen LogP contribution is -2.40. The molecule has 9 heteroatoms. The molecule has 1 fully saturated rings. The minimum absolute atomic E-state index is 0.150. The van der Waals surface area contributed by atoms with E-state index in [4.69, 9.17) is 4.74 Å². The number of hydrogen-bond donors (Lipinski definition) is 2. The number of benzene rings is 2. The molecule has 0 radical (unpaired) electrons. The Hall–Kier alpha value is -2.33. The van der Waals surface area contributed by atoms with Crippen molar-refractivity contribution >= 4 is 15.9 Å². The molecule has 1 atom stereocenters. The highest BCUT2D eigenvalue weighted by Gasteiger charge is 2.19. The van der Waals surface area contributed by atoms with E-state index in [9.17, 15) is 17.6 Å². The Morgan fingerprint density at radius 3 is 2.74 bits per heavy atom. The van der Waals surface area contributed by atoms with E-state index >= 15 is 0 Å². The standard InChI is InChI=1S/C22H28FN3O4S/c1-3-25-31(28,29)19-7-8-21(23)20(12-19)22(27)24-13-17-5-4-6-18(11-17)15-26-9-10-30-16(2)14-26/h4-8,11-12,16,25H,3,9-10,13-15H2,1-2H3,(H,24,27). The molecule has 1 aliphatic rings. The number of carbonyl (C=O) groups excluding carboxylic acids is 1. The number of nitrogens with zero attached hydrogens (tertiary/aromatic N) is 1. The molecule has 7 nitrogen and oxygen atoms in total. The topological polar surface area (TPSA) is 87.7 Å². The number of nitrogens with one attached hydrogen (secondary N) is 2. The average molecular weight is 450 g/mol. The second kappa shape index (κ2) is 10.3. The number of ether oxygens (including phenoxy) is 1. The molecule has 31 heavy (non-hydrogen) atoms. The quantitative estimate of drug-likeness (QED) is 0.646. The van der Waals surface area contributed by atoms with Crippen LogP contribution in [0.1, 0.15) is 35.3 Å². The van der Waals surface area contributed by atoms with Crippen molar-refractivity contribution in [3.8, 4) is 0 Å². The summed E-state index contributed by atoms with van der Waals surface area (Å²) in [4.78, 5) is 14.7. The lowest BCUT2D eigenvalue weighted by Gasteiger charge is -2.31. The molecule has 3 rings (SSSR count). The van der Waals surface area contributed by atoms with Gasteiger partial charge in [-0.25, -0.2) is 17.5 Å². The van der Waals surface area contributed by atoms with Gasteiger partial charge in [-0.05, 0) is 36.2 Å². The largest absolute Gasteiger partial charge is 0.376 e. The fourth-order valence-corrected chi connectivity index (χ4v) is 4.59. The van der Waals surface area contributed by atoms with Crippen LogP contribution >= 0.6 is 0 Å². The third-order valence-corrected chi connectivity index (χ3v) is 6.55. The van der Waals surface area contributed by atoms with Crippen molar-refractivity contribution in [1.82, 2.24) is 14.9 Å². The summed E-state index contributed by atoms with van der Waals surface area (Å²) in [5, 5.41) is 2.68. The van der Waals surface area contributed by atoms with E-state index in [0.717, 1.165) is 49.0 Å². The summed E-state index contributed by atoms with van der Waals surface area (Å²) in [7, 11) is -3.78. The van der Waals surface area contributed by atoms with Crippen molar-refractivity contribution in [2.24, 2.45) is 0 Å². The maximum Gasteiger partial charge on any atom is 0.254 e. The zero-order valence-electron chi connectivity index (χ0n) is 17.7. The third-order valence-electron chi connectivity index (χ3n) is 5.00. The van der Waals surface area contributed by atoms with Crippen LogP contribution in [0.2, 0.25) is 0 Å². The predicted molar refractivity (Wildman–Crippen MR) is 116 cm³/mol. The van der Waals surface area contributed by atoms with Crippen LogP contribution < -0.4 is 10.0 Å². The Morgan fingerprint density at radius 2 is 2.00 bits per heavy atom. The molecule has 0 spiro atoms. The van der Waals surface area contributed by atoms with Crippen LogP contribution in [0, 0.1) is 5.82 Å². The van der Waals surface area contributed by atoms with Crippen LogP contribution in [0.4, 0.5) is 4.39 Å². The van der Waals surface area contributed by atoms with Gasteiger partial charge in [0.25, 0.3) is 5.91 Å². The first-order chi connectivity index (χ1) is 14.8. The van der Waals surface area contributed by atoms with Crippen LogP contribution in [0.25, 0.3) is 0 Å². The van der Waals surface area contributed by atoms with Crippen LogP contribution in [0.3, 0.4) is 0 Å². The first kappa shape index (κ1) is 23.3. The summed E-state index contributed by atoms with van der Waals surface area (Å²) in [6.07, 6.45) is 0.207. The zero-order chi connectivity index (χ0) is 22.4. The van der Waals surface area contributed by atoms with Gasteiger partial charge in [0.1, 0.15) is 5.82 Å². The Morgan fingerprint density at radius 1 is 1.23 bits per heavy atom. The van der Waals surface area contributed by atoms with Gasteiger partial charge in [0, 0.05) is 32.7 Å². The molecule has 168 valence electrons. The second-order valence-corrected chi connectivity index (χ2v) is 9.33. The monoisotopic (exact) mass is 449 g/mol. The molecule has 1 saturated heterocycles. The molecule has 1 heterocycles. The minimum atomic E-state index is -3.78. The van der Waals surface area contributed by atoms with Gasteiger partial charge in [0.2, 0.25) is 10.0 Å². The van der Waals surface area contributed by atoms with Gasteiger partial charge >= 0.3 is 0 Å². The van der Waals surface area contributed by atoms with Crippen LogP contribution in [-0.4, -0.2) is 51.6 Å². The van der Waals surface area contributed by atoms with Crippen LogP contribution in [-0.2, 0) is 27.8 Å². The Balaban J connectivity index is 1.66. The molecule has 0 bridgehead atoms. The number of rotatable bonds is 8. The Kier molecular flexibility index (Phi) is 7.77. The lowest BCUT2D eigenvalue weighted by molar-refractivity contribution is -0.0212. The van der Waals surface area contributed by atoms with Gasteiger partial charge in [-0.1, -0.05) is 31.2 Å². The molecule has 0 aliphatic carbocycles. The van der Waals surface area contributed by atoms with E-state index in [2.05, 4.69) is 21.9 Å². The highest BCUT2D eigenvalue weighted by atomic mass is 32.2. The molecule has 2 aromatic rings. The summed E-state index contributed by atoms with van der Waals surface area (Å²) >= 11 is 0. The second-order valence-electron chi connectivity index (χ2n) is 7.56. The predicted octanol–water partition coefficient (Wildman–Crippen LogP) is 2.27. The van der Waals surface area contributed by atoms with Gasteiger partial charge in [-0.2, -0.15) is 0 Å². The van der Waals surface area contributed by atoms with Crippen molar-refractivity contribution in [1.29, 1.82) is 0 Å². The van der Waals surface area contributed by atoms with E-state index in [-0.39, 0.29) is 29.7 Å². The summed E-state index contributed by atoms with van der Waals surface area (Å²) < 4.78 is 46.4. The first-order valence-corrected chi connectivity index (χ1v) is 11.8. The van der Waals surface area contributed by atoms with E-state index in [1.807, 2.05) is 24.3 Å². The van der Waals surface area contributed by atoms with E-state index < -0.39 is 21.7 Å². The first-order valence-electron chi connectivity index (χ1n) is 10.3. The SMILES string of the molecule is CCNS(=O)(=O)c1ccc(F)c(C(=O)NCc2cccc(CN3CCOC(C)C3)c2)c1. The minimum Gasteiger partial charge on any atom is -0.376 e. The Bertz CT molecular complexity index is 1030. The van der Waals surface area contributed by atoms with Crippen LogP contribution in [0.15, 0.2) is 47.4 Å². The molecule has 1 aliphatic heterocycles. The fraction of sp³-hybridized carbons (Fsp3) is 0.409. The molecule has 0 saturated carbocycles. The van der Waals surface area contributed by atoms with E-state index in [0.29, 0.717) is 6.61 Å². The molecule has 1 unspecified atom stereocenters. The molecule has 1 amide bonds. The normalized spacial score (nSPS) is 17.5. The van der Waals surface area contributed by atoms with Crippen molar-refractivity contribution in [2.45, 2.75) is 37.9 Å². The number of morpholine rings is 1. The summed E-state index contributed by atoms with van der Waals surface area (Å²) in [6.45, 7) is 7.33. The zero-order valence-corrected chi connectivity index (χ0v) is 18.5. The molecular formula is C22H28FN3O4S. The van der Waals surface area contributed by atoms with Crippen molar-refractivity contribution in [2.75, 3.05) is 26.2 Å². The average Bonchev–Trinajstić information content (AvgIpc) is 2.72. The number of amides is 1. The smallest absolute Gasteiger partial charge is 0.254 e. The molecule has 2 aromatic carbocycles. The summed E-state index contributed by atoms with van der Waals surface area (Å²) in [5.74, 6) is -1.44. The van der Waals surface area contributed by atoms with E-state index in [1.165, 1.54) is 0 Å². The van der Waals surface area contributed by atoms with Gasteiger partial charge in [0.05, 0.1) is 23.2 Å². The number of halogens is 1. The molecule has 2 N–H and O–H groups in total. The van der Waals surface area contributed by atoms with Crippen LogP contribution in [0.5, 0.6) is 0 Å². The third kappa shape index (κ3) is 6.33. The van der Waals surface area contributed by atoms with Crippen molar-refractivity contribution < 1.29 is 22.3 Å². The molecule has 0 aromatic heterocycles. The fourth-order valence-electron chi connectivity index (χ4n) is 3.53. The molecular weight excluding hydrogens is 421 g/mol. The number of carbonyl (C=O) groups is 1. The van der Waals surface area contributed by atoms with Gasteiger partial charge in [0.15, 0.2) is 0 Å². The number of sulfonamides is 1. The maximum atomic E-state index is 14.2. The van der Waals surface area contributed by atoms with E-state index in [1.54, 1.807) is 6.92 Å². The van der Waals surface area contributed by atoms with Gasteiger partial charge < -0.3 is 10.1 Å². The highest BCUT2D eigenvalue weighted by Crippen LogP contribution is 2.16. The van der Waals surface area contributed by atoms with Gasteiger partial charge in [-0.3, -0.25) is 9.69 Å². The summed E-state index contributed by atoms with van der Waals surface area (Å²) in [5.41, 5.74) is 1.69. The summed E-state index contributed by atoms with van der Waals surface area (Å²) in [6, 6.07) is 11.0. The highest BCUT2D eigenvalue weighted by molar-refractivity contribution is 7.89. The van der Waals surface area contributed by atoms with Crippen molar-refractivity contribution in [3.05, 3.63) is 65.0 Å².